The van der Waals surface area contributed by atoms with Crippen molar-refractivity contribution in [3.05, 3.63) is 59.9 Å². The number of nitrogens with zero attached hydrogens (tertiary/aromatic N) is 1. The first-order valence-corrected chi connectivity index (χ1v) is 7.15. The first-order valence-electron chi connectivity index (χ1n) is 7.15. The van der Waals surface area contributed by atoms with Crippen LogP contribution in [-0.4, -0.2) is 22.0 Å². The van der Waals surface area contributed by atoms with Crippen LogP contribution < -0.4 is 5.32 Å². The Morgan fingerprint density at radius 1 is 1.08 bits per heavy atom. The molecule has 1 amide bonds. The summed E-state index contributed by atoms with van der Waals surface area (Å²) in [4.78, 5) is 27.2. The minimum Gasteiger partial charge on any atom is -0.478 e. The molecule has 0 aliphatic carbocycles. The number of amides is 1. The Balaban J connectivity index is 2.19. The van der Waals surface area contributed by atoms with Crippen LogP contribution in [0.25, 0.3) is 22.2 Å². The van der Waals surface area contributed by atoms with Gasteiger partial charge < -0.3 is 10.4 Å². The number of anilines is 1. The maximum atomic E-state index is 13.1. The van der Waals surface area contributed by atoms with E-state index in [0.717, 1.165) is 0 Å². The number of carboxylic acid groups (broad SMARTS) is 1. The van der Waals surface area contributed by atoms with E-state index in [2.05, 4.69) is 10.3 Å². The predicted octanol–water partition coefficient (Wildman–Crippen LogP) is 3.70. The number of carboxylic acids is 1. The number of fused-ring (bicyclic) bond motifs is 1. The predicted molar refractivity (Wildman–Crippen MR) is 88.4 cm³/mol. The largest absolute Gasteiger partial charge is 0.478 e. The molecular weight excluding hydrogens is 311 g/mol. The van der Waals surface area contributed by atoms with Crippen LogP contribution in [0.1, 0.15) is 17.3 Å². The van der Waals surface area contributed by atoms with Gasteiger partial charge in [-0.1, -0.05) is 0 Å². The van der Waals surface area contributed by atoms with Crippen molar-refractivity contribution in [2.24, 2.45) is 0 Å². The van der Waals surface area contributed by atoms with Crippen LogP contribution in [0.3, 0.4) is 0 Å². The highest BCUT2D eigenvalue weighted by Crippen LogP contribution is 2.27. The minimum atomic E-state index is -1.11. The van der Waals surface area contributed by atoms with Gasteiger partial charge in [-0.2, -0.15) is 0 Å². The number of carbonyl (C=O) groups excluding carboxylic acids is 1. The molecule has 0 atom stereocenters. The molecule has 0 saturated heterocycles. The van der Waals surface area contributed by atoms with E-state index in [-0.39, 0.29) is 17.3 Å². The number of benzene rings is 2. The van der Waals surface area contributed by atoms with Crippen molar-refractivity contribution in [1.29, 1.82) is 0 Å². The number of carbonyl (C=O) groups is 2. The zero-order valence-electron chi connectivity index (χ0n) is 12.7. The lowest BCUT2D eigenvalue weighted by atomic mass is 10.0. The molecule has 0 unspecified atom stereocenters. The Bertz CT molecular complexity index is 952. The molecule has 120 valence electrons. The summed E-state index contributed by atoms with van der Waals surface area (Å²) in [6.45, 7) is 1.37. The summed E-state index contributed by atoms with van der Waals surface area (Å²) in [5, 5.41) is 12.5. The van der Waals surface area contributed by atoms with Gasteiger partial charge >= 0.3 is 5.97 Å². The van der Waals surface area contributed by atoms with E-state index in [1.54, 1.807) is 30.3 Å². The summed E-state index contributed by atoms with van der Waals surface area (Å²) in [6, 6.07) is 12.0. The molecule has 3 rings (SSSR count). The molecule has 0 radical (unpaired) electrons. The third-order valence-electron chi connectivity index (χ3n) is 3.50. The van der Waals surface area contributed by atoms with Crippen molar-refractivity contribution in [2.75, 3.05) is 5.32 Å². The number of halogens is 1. The van der Waals surface area contributed by atoms with Gasteiger partial charge in [-0.05, 0) is 48.5 Å². The first kappa shape index (κ1) is 15.6. The number of aromatic nitrogens is 1. The number of aromatic carboxylic acids is 1. The summed E-state index contributed by atoms with van der Waals surface area (Å²) in [5.74, 6) is -1.73. The molecule has 1 heterocycles. The number of hydrogen-bond donors (Lipinski definition) is 2. The smallest absolute Gasteiger partial charge is 0.336 e. The Hall–Kier alpha value is -3.28. The molecule has 0 bridgehead atoms. The second kappa shape index (κ2) is 6.08. The summed E-state index contributed by atoms with van der Waals surface area (Å²) >= 11 is 0. The SMILES string of the molecule is CC(=O)Nc1ccc2nc(-c3ccc(F)cc3)cc(C(=O)O)c2c1. The van der Waals surface area contributed by atoms with Crippen LogP contribution in [0.4, 0.5) is 10.1 Å². The molecule has 0 fully saturated rings. The van der Waals surface area contributed by atoms with Gasteiger partial charge in [-0.15, -0.1) is 0 Å². The van der Waals surface area contributed by atoms with Crippen molar-refractivity contribution >= 4 is 28.5 Å². The van der Waals surface area contributed by atoms with Crippen molar-refractivity contribution in [1.82, 2.24) is 4.98 Å². The van der Waals surface area contributed by atoms with Gasteiger partial charge in [0.15, 0.2) is 0 Å². The Labute approximate surface area is 136 Å². The summed E-state index contributed by atoms with van der Waals surface area (Å²) in [7, 11) is 0. The second-order valence-electron chi connectivity index (χ2n) is 5.28. The fraction of sp³-hybridized carbons (Fsp3) is 0.0556. The van der Waals surface area contributed by atoms with Crippen molar-refractivity contribution in [3.8, 4) is 11.3 Å². The molecule has 24 heavy (non-hydrogen) atoms. The van der Waals surface area contributed by atoms with E-state index in [0.29, 0.717) is 27.8 Å². The Morgan fingerprint density at radius 3 is 2.42 bits per heavy atom. The maximum absolute atomic E-state index is 13.1. The molecule has 2 aromatic carbocycles. The number of hydrogen-bond acceptors (Lipinski definition) is 3. The van der Waals surface area contributed by atoms with Crippen LogP contribution in [0.5, 0.6) is 0 Å². The molecule has 2 N–H and O–H groups in total. The molecule has 1 aromatic heterocycles. The molecule has 0 aliphatic heterocycles. The highest BCUT2D eigenvalue weighted by atomic mass is 19.1. The Morgan fingerprint density at radius 2 is 1.79 bits per heavy atom. The van der Waals surface area contributed by atoms with Crippen molar-refractivity contribution in [2.45, 2.75) is 6.92 Å². The van der Waals surface area contributed by atoms with Crippen LogP contribution in [0.2, 0.25) is 0 Å². The van der Waals surface area contributed by atoms with Crippen LogP contribution in [0, 0.1) is 5.82 Å². The van der Waals surface area contributed by atoms with Gasteiger partial charge in [0.05, 0.1) is 16.8 Å². The number of pyridine rings is 1. The quantitative estimate of drug-likeness (QED) is 0.770. The summed E-state index contributed by atoms with van der Waals surface area (Å²) in [5.41, 5.74) is 2.09. The molecular formula is C18H13FN2O3. The highest BCUT2D eigenvalue weighted by Gasteiger charge is 2.14. The number of rotatable bonds is 3. The molecule has 6 heteroatoms. The third kappa shape index (κ3) is 3.08. The fourth-order valence-electron chi connectivity index (χ4n) is 2.45. The van der Waals surface area contributed by atoms with Gasteiger partial charge in [0, 0.05) is 23.6 Å². The van der Waals surface area contributed by atoms with E-state index in [1.807, 2.05) is 0 Å². The topological polar surface area (TPSA) is 79.3 Å². The maximum Gasteiger partial charge on any atom is 0.336 e. The fourth-order valence-corrected chi connectivity index (χ4v) is 2.45. The minimum absolute atomic E-state index is 0.0616. The van der Waals surface area contributed by atoms with Gasteiger partial charge in [0.25, 0.3) is 0 Å². The zero-order valence-corrected chi connectivity index (χ0v) is 12.7. The number of nitrogens with one attached hydrogen (secondary N) is 1. The summed E-state index contributed by atoms with van der Waals surface area (Å²) in [6.07, 6.45) is 0. The molecule has 0 aliphatic rings. The lowest BCUT2D eigenvalue weighted by molar-refractivity contribution is -0.114. The third-order valence-corrected chi connectivity index (χ3v) is 3.50. The van der Waals surface area contributed by atoms with Crippen LogP contribution in [0.15, 0.2) is 48.5 Å². The van der Waals surface area contributed by atoms with Crippen LogP contribution >= 0.6 is 0 Å². The molecule has 5 nitrogen and oxygen atoms in total. The van der Waals surface area contributed by atoms with E-state index in [1.165, 1.54) is 25.1 Å². The van der Waals surface area contributed by atoms with Gasteiger partial charge in [0.2, 0.25) is 5.91 Å². The van der Waals surface area contributed by atoms with Gasteiger partial charge in [-0.3, -0.25) is 4.79 Å². The van der Waals surface area contributed by atoms with Gasteiger partial charge in [0.1, 0.15) is 5.82 Å². The van der Waals surface area contributed by atoms with Crippen molar-refractivity contribution < 1.29 is 19.1 Å². The van der Waals surface area contributed by atoms with Crippen LogP contribution in [-0.2, 0) is 4.79 Å². The molecule has 3 aromatic rings. The van der Waals surface area contributed by atoms with E-state index in [9.17, 15) is 19.1 Å². The average molecular weight is 324 g/mol. The van der Waals surface area contributed by atoms with E-state index < -0.39 is 5.97 Å². The second-order valence-corrected chi connectivity index (χ2v) is 5.28. The average Bonchev–Trinajstić information content (AvgIpc) is 2.54. The lowest BCUT2D eigenvalue weighted by Crippen LogP contribution is -2.06. The normalized spacial score (nSPS) is 10.6. The van der Waals surface area contributed by atoms with Gasteiger partial charge in [-0.25, -0.2) is 14.2 Å². The Kier molecular flexibility index (Phi) is 3.95. The standard InChI is InChI=1S/C18H13FN2O3/c1-10(22)20-13-6-7-16-14(8-13)15(18(23)24)9-17(21-16)11-2-4-12(19)5-3-11/h2-9H,1H3,(H,20,22)(H,23,24). The first-order chi connectivity index (χ1) is 11.4. The lowest BCUT2D eigenvalue weighted by Gasteiger charge is -2.09. The highest BCUT2D eigenvalue weighted by molar-refractivity contribution is 6.05. The molecule has 0 spiro atoms. The molecule has 0 saturated carbocycles. The van der Waals surface area contributed by atoms with E-state index in [4.69, 9.17) is 0 Å². The summed E-state index contributed by atoms with van der Waals surface area (Å²) < 4.78 is 13.1. The van der Waals surface area contributed by atoms with E-state index >= 15 is 0 Å². The monoisotopic (exact) mass is 324 g/mol. The van der Waals surface area contributed by atoms with Crippen molar-refractivity contribution in [3.63, 3.8) is 0 Å². The zero-order chi connectivity index (χ0) is 17.3.